The molecule has 2 aromatic rings. The molecule has 0 bridgehead atoms. The highest BCUT2D eigenvalue weighted by atomic mass is 32.1. The van der Waals surface area contributed by atoms with E-state index >= 15 is 0 Å². The highest BCUT2D eigenvalue weighted by Crippen LogP contribution is 2.20. The van der Waals surface area contributed by atoms with Crippen molar-refractivity contribution in [1.29, 1.82) is 5.26 Å². The van der Waals surface area contributed by atoms with Crippen LogP contribution < -0.4 is 15.4 Å². The quantitative estimate of drug-likeness (QED) is 0.850. The molecule has 6 heteroatoms. The minimum atomic E-state index is -0.469. The number of methoxy groups -OCH3 is 1. The summed E-state index contributed by atoms with van der Waals surface area (Å²) in [5.74, 6) is -0.296. The monoisotopic (exact) mass is 301 g/mol. The van der Waals surface area contributed by atoms with Gasteiger partial charge in [0.25, 0.3) is 0 Å². The lowest BCUT2D eigenvalue weighted by molar-refractivity contribution is 0.387. The van der Waals surface area contributed by atoms with Crippen molar-refractivity contribution < 1.29 is 9.13 Å². The highest BCUT2D eigenvalue weighted by Gasteiger charge is 2.05. The largest absolute Gasteiger partial charge is 0.494 e. The molecular formula is C15H12FN3OS. The van der Waals surface area contributed by atoms with Crippen molar-refractivity contribution in [2.75, 3.05) is 17.7 Å². The van der Waals surface area contributed by atoms with Crippen molar-refractivity contribution in [3.05, 3.63) is 53.8 Å². The first kappa shape index (κ1) is 14.8. The van der Waals surface area contributed by atoms with Crippen LogP contribution in [-0.2, 0) is 0 Å². The summed E-state index contributed by atoms with van der Waals surface area (Å²) in [4.78, 5) is 0. The number of nitriles is 1. The van der Waals surface area contributed by atoms with Crippen LogP contribution in [0.15, 0.2) is 42.5 Å². The normalized spacial score (nSPS) is 9.57. The SMILES string of the molecule is COc1ccc(NC(=S)Nc2ccc(C#N)cc2)cc1F. The molecule has 0 spiro atoms. The summed E-state index contributed by atoms with van der Waals surface area (Å²) in [5.41, 5.74) is 1.82. The lowest BCUT2D eigenvalue weighted by Crippen LogP contribution is -2.19. The number of halogens is 1. The van der Waals surface area contributed by atoms with E-state index < -0.39 is 5.82 Å². The first-order chi connectivity index (χ1) is 10.1. The lowest BCUT2D eigenvalue weighted by atomic mass is 10.2. The molecular weight excluding hydrogens is 289 g/mol. The summed E-state index contributed by atoms with van der Waals surface area (Å²) in [7, 11) is 1.41. The number of nitrogens with one attached hydrogen (secondary N) is 2. The van der Waals surface area contributed by atoms with Gasteiger partial charge >= 0.3 is 0 Å². The lowest BCUT2D eigenvalue weighted by Gasteiger charge is -2.11. The van der Waals surface area contributed by atoms with E-state index in [2.05, 4.69) is 10.6 Å². The van der Waals surface area contributed by atoms with E-state index in [9.17, 15) is 4.39 Å². The van der Waals surface area contributed by atoms with E-state index in [0.29, 0.717) is 16.4 Å². The van der Waals surface area contributed by atoms with Gasteiger partial charge in [0, 0.05) is 17.4 Å². The predicted molar refractivity (Wildman–Crippen MR) is 84.0 cm³/mol. The number of nitrogens with zero attached hydrogens (tertiary/aromatic N) is 1. The van der Waals surface area contributed by atoms with Crippen molar-refractivity contribution in [3.63, 3.8) is 0 Å². The van der Waals surface area contributed by atoms with Crippen molar-refractivity contribution in [2.24, 2.45) is 0 Å². The molecule has 2 N–H and O–H groups in total. The maximum Gasteiger partial charge on any atom is 0.175 e. The standard InChI is InChI=1S/C15H12FN3OS/c1-20-14-7-6-12(8-13(14)16)19-15(21)18-11-4-2-10(9-17)3-5-11/h2-8H,1H3,(H2,18,19,21). The van der Waals surface area contributed by atoms with E-state index in [-0.39, 0.29) is 5.75 Å². The fourth-order valence-electron chi connectivity index (χ4n) is 1.67. The Morgan fingerprint density at radius 3 is 2.33 bits per heavy atom. The van der Waals surface area contributed by atoms with Crippen LogP contribution in [0.3, 0.4) is 0 Å². The Labute approximate surface area is 127 Å². The van der Waals surface area contributed by atoms with Crippen LogP contribution in [0.1, 0.15) is 5.56 Å². The number of benzene rings is 2. The van der Waals surface area contributed by atoms with Gasteiger partial charge in [-0.25, -0.2) is 4.39 Å². The minimum Gasteiger partial charge on any atom is -0.494 e. The Morgan fingerprint density at radius 2 is 1.76 bits per heavy atom. The third-order valence-corrected chi connectivity index (χ3v) is 2.89. The van der Waals surface area contributed by atoms with Crippen LogP contribution in [0.2, 0.25) is 0 Å². The number of rotatable bonds is 3. The van der Waals surface area contributed by atoms with E-state index in [1.165, 1.54) is 19.2 Å². The third kappa shape index (κ3) is 3.91. The molecule has 4 nitrogen and oxygen atoms in total. The Bertz CT molecular complexity index is 695. The van der Waals surface area contributed by atoms with Crippen molar-refractivity contribution >= 4 is 28.7 Å². The van der Waals surface area contributed by atoms with Gasteiger partial charge < -0.3 is 15.4 Å². The average molecular weight is 301 g/mol. The second kappa shape index (κ2) is 6.68. The molecule has 0 saturated carbocycles. The molecule has 0 heterocycles. The Morgan fingerprint density at radius 1 is 1.14 bits per heavy atom. The molecule has 0 radical (unpaired) electrons. The smallest absolute Gasteiger partial charge is 0.175 e. The first-order valence-electron chi connectivity index (χ1n) is 6.04. The van der Waals surface area contributed by atoms with Crippen LogP contribution in [0.25, 0.3) is 0 Å². The Kier molecular flexibility index (Phi) is 4.69. The molecule has 0 saturated heterocycles. The van der Waals surface area contributed by atoms with Crippen molar-refractivity contribution in [1.82, 2.24) is 0 Å². The maximum atomic E-state index is 13.6. The van der Waals surface area contributed by atoms with Crippen LogP contribution in [0, 0.1) is 17.1 Å². The van der Waals surface area contributed by atoms with Gasteiger partial charge in [-0.05, 0) is 48.6 Å². The summed E-state index contributed by atoms with van der Waals surface area (Å²) in [5, 5.41) is 14.9. The summed E-state index contributed by atoms with van der Waals surface area (Å²) in [6, 6.07) is 13.3. The van der Waals surface area contributed by atoms with Gasteiger partial charge in [0.05, 0.1) is 18.7 Å². The number of ether oxygens (including phenoxy) is 1. The molecule has 106 valence electrons. The number of thiocarbonyl (C=S) groups is 1. The van der Waals surface area contributed by atoms with Gasteiger partial charge in [0.1, 0.15) is 0 Å². The van der Waals surface area contributed by atoms with E-state index in [1.54, 1.807) is 30.3 Å². The predicted octanol–water partition coefficient (Wildman–Crippen LogP) is 3.51. The second-order valence-corrected chi connectivity index (χ2v) is 4.53. The average Bonchev–Trinajstić information content (AvgIpc) is 2.48. The van der Waals surface area contributed by atoms with Crippen LogP contribution in [0.5, 0.6) is 5.75 Å². The zero-order valence-electron chi connectivity index (χ0n) is 11.2. The van der Waals surface area contributed by atoms with Crippen LogP contribution >= 0.6 is 12.2 Å². The number of anilines is 2. The van der Waals surface area contributed by atoms with Crippen molar-refractivity contribution in [3.8, 4) is 11.8 Å². The number of hydrogen-bond acceptors (Lipinski definition) is 3. The van der Waals surface area contributed by atoms with Crippen LogP contribution in [-0.4, -0.2) is 12.2 Å². The zero-order valence-corrected chi connectivity index (χ0v) is 12.0. The van der Waals surface area contributed by atoms with Crippen LogP contribution in [0.4, 0.5) is 15.8 Å². The summed E-state index contributed by atoms with van der Waals surface area (Å²) >= 11 is 5.14. The zero-order chi connectivity index (χ0) is 15.2. The van der Waals surface area contributed by atoms with Gasteiger partial charge in [-0.2, -0.15) is 5.26 Å². The Hall–Kier alpha value is -2.65. The summed E-state index contributed by atoms with van der Waals surface area (Å²) < 4.78 is 18.4. The van der Waals surface area contributed by atoms with Gasteiger partial charge in [-0.15, -0.1) is 0 Å². The fraction of sp³-hybridized carbons (Fsp3) is 0.0667. The topological polar surface area (TPSA) is 57.1 Å². The van der Waals surface area contributed by atoms with Crippen molar-refractivity contribution in [2.45, 2.75) is 0 Å². The molecule has 21 heavy (non-hydrogen) atoms. The second-order valence-electron chi connectivity index (χ2n) is 4.12. The molecule has 0 aromatic heterocycles. The number of hydrogen-bond donors (Lipinski definition) is 2. The van der Waals surface area contributed by atoms with Gasteiger partial charge in [-0.3, -0.25) is 0 Å². The highest BCUT2D eigenvalue weighted by molar-refractivity contribution is 7.80. The molecule has 2 aromatic carbocycles. The van der Waals surface area contributed by atoms with E-state index in [1.807, 2.05) is 6.07 Å². The Balaban J connectivity index is 2.01. The van der Waals surface area contributed by atoms with Gasteiger partial charge in [-0.1, -0.05) is 0 Å². The fourth-order valence-corrected chi connectivity index (χ4v) is 1.90. The van der Waals surface area contributed by atoms with E-state index in [0.717, 1.165) is 5.69 Å². The maximum absolute atomic E-state index is 13.6. The molecule has 0 unspecified atom stereocenters. The minimum absolute atomic E-state index is 0.173. The van der Waals surface area contributed by atoms with Gasteiger partial charge in [0.15, 0.2) is 16.7 Å². The molecule has 0 aliphatic carbocycles. The summed E-state index contributed by atoms with van der Waals surface area (Å²) in [6.07, 6.45) is 0. The molecule has 0 fully saturated rings. The molecule has 0 aliphatic heterocycles. The molecule has 0 atom stereocenters. The third-order valence-electron chi connectivity index (χ3n) is 2.68. The van der Waals surface area contributed by atoms with E-state index in [4.69, 9.17) is 22.2 Å². The molecule has 2 rings (SSSR count). The first-order valence-corrected chi connectivity index (χ1v) is 6.45. The van der Waals surface area contributed by atoms with Gasteiger partial charge in [0.2, 0.25) is 0 Å². The molecule has 0 aliphatic rings. The molecule has 0 amide bonds. The summed E-state index contributed by atoms with van der Waals surface area (Å²) in [6.45, 7) is 0.